The molecule has 3 saturated carbocycles. The summed E-state index contributed by atoms with van der Waals surface area (Å²) < 4.78 is 0. The Morgan fingerprint density at radius 1 is 1.25 bits per heavy atom. The Balaban J connectivity index is 1.93. The Hall–Kier alpha value is -0.500. The molecule has 2 nitrogen and oxygen atoms in total. The third-order valence-electron chi connectivity index (χ3n) is 5.06. The van der Waals surface area contributed by atoms with E-state index in [9.17, 15) is 0 Å². The van der Waals surface area contributed by atoms with E-state index in [-0.39, 0.29) is 5.41 Å². The number of fused-ring (bicyclic) bond motifs is 2. The minimum absolute atomic E-state index is 0.245. The SMILES string of the molecule is O/N=C\C=C(/Cl)[C@@]12C[C@@H]3CC[C@@H]1C[C@@H](C3)C2. The van der Waals surface area contributed by atoms with Crippen LogP contribution in [-0.4, -0.2) is 11.4 Å². The number of rotatable bonds is 2. The van der Waals surface area contributed by atoms with E-state index >= 15 is 0 Å². The van der Waals surface area contributed by atoms with Gasteiger partial charge in [-0.2, -0.15) is 0 Å². The third kappa shape index (κ3) is 1.42. The van der Waals surface area contributed by atoms with Crippen LogP contribution in [0.2, 0.25) is 0 Å². The van der Waals surface area contributed by atoms with Crippen LogP contribution in [0.15, 0.2) is 16.3 Å². The van der Waals surface area contributed by atoms with Crippen molar-refractivity contribution in [1.29, 1.82) is 0 Å². The van der Waals surface area contributed by atoms with Crippen molar-refractivity contribution < 1.29 is 5.21 Å². The van der Waals surface area contributed by atoms with Crippen molar-refractivity contribution in [2.45, 2.75) is 38.5 Å². The van der Waals surface area contributed by atoms with Crippen LogP contribution in [0, 0.1) is 23.2 Å². The first-order valence-electron chi connectivity index (χ1n) is 6.28. The van der Waals surface area contributed by atoms with Crippen LogP contribution in [-0.2, 0) is 0 Å². The monoisotopic (exact) mass is 239 g/mol. The van der Waals surface area contributed by atoms with Gasteiger partial charge < -0.3 is 5.21 Å². The van der Waals surface area contributed by atoms with Crippen LogP contribution >= 0.6 is 11.6 Å². The zero-order valence-electron chi connectivity index (χ0n) is 9.40. The molecule has 0 unspecified atom stereocenters. The molecule has 1 N–H and O–H groups in total. The topological polar surface area (TPSA) is 32.6 Å². The summed E-state index contributed by atoms with van der Waals surface area (Å²) in [4.78, 5) is 0. The Morgan fingerprint density at radius 3 is 2.88 bits per heavy atom. The van der Waals surface area contributed by atoms with Crippen LogP contribution in [0.3, 0.4) is 0 Å². The van der Waals surface area contributed by atoms with Gasteiger partial charge in [0.2, 0.25) is 0 Å². The van der Waals surface area contributed by atoms with Crippen LogP contribution in [0.4, 0.5) is 0 Å². The molecular weight excluding hydrogens is 222 g/mol. The maximum absolute atomic E-state index is 8.48. The molecule has 0 aromatic heterocycles. The Kier molecular flexibility index (Phi) is 2.50. The molecule has 0 saturated heterocycles. The summed E-state index contributed by atoms with van der Waals surface area (Å²) in [6, 6.07) is 0. The van der Waals surface area contributed by atoms with E-state index in [2.05, 4.69) is 5.16 Å². The van der Waals surface area contributed by atoms with Gasteiger partial charge in [-0.3, -0.25) is 0 Å². The molecular formula is C13H18ClNO. The van der Waals surface area contributed by atoms with Gasteiger partial charge in [-0.1, -0.05) is 23.2 Å². The van der Waals surface area contributed by atoms with E-state index in [0.29, 0.717) is 0 Å². The van der Waals surface area contributed by atoms with E-state index in [0.717, 1.165) is 22.8 Å². The van der Waals surface area contributed by atoms with Gasteiger partial charge in [0.05, 0.1) is 6.21 Å². The maximum atomic E-state index is 8.48. The minimum atomic E-state index is 0.245. The normalized spacial score (nSPS) is 46.8. The first kappa shape index (κ1) is 10.6. The molecule has 0 spiro atoms. The molecule has 4 atom stereocenters. The van der Waals surface area contributed by atoms with Crippen molar-refractivity contribution in [3.8, 4) is 0 Å². The molecule has 0 aromatic rings. The Labute approximate surface area is 101 Å². The van der Waals surface area contributed by atoms with Gasteiger partial charge in [0.15, 0.2) is 0 Å². The fourth-order valence-corrected chi connectivity index (χ4v) is 4.96. The molecule has 3 aliphatic rings. The highest BCUT2D eigenvalue weighted by molar-refractivity contribution is 6.31. The van der Waals surface area contributed by atoms with Crippen molar-refractivity contribution in [3.05, 3.63) is 11.1 Å². The summed E-state index contributed by atoms with van der Waals surface area (Å²) in [5.41, 5.74) is 0.245. The number of nitrogens with zero attached hydrogens (tertiary/aromatic N) is 1. The minimum Gasteiger partial charge on any atom is -0.411 e. The van der Waals surface area contributed by atoms with Gasteiger partial charge >= 0.3 is 0 Å². The smallest absolute Gasteiger partial charge is 0.0673 e. The van der Waals surface area contributed by atoms with Gasteiger partial charge in [-0.15, -0.1) is 0 Å². The highest BCUT2D eigenvalue weighted by Gasteiger charge is 2.55. The first-order valence-corrected chi connectivity index (χ1v) is 6.66. The van der Waals surface area contributed by atoms with Crippen molar-refractivity contribution >= 4 is 17.8 Å². The van der Waals surface area contributed by atoms with Crippen LogP contribution in [0.25, 0.3) is 0 Å². The summed E-state index contributed by atoms with van der Waals surface area (Å²) in [6.45, 7) is 0. The average Bonchev–Trinajstić information content (AvgIpc) is 2.44. The fourth-order valence-electron chi connectivity index (χ4n) is 4.60. The van der Waals surface area contributed by atoms with E-state index in [1.165, 1.54) is 44.7 Å². The number of hydrogen-bond acceptors (Lipinski definition) is 2. The van der Waals surface area contributed by atoms with Gasteiger partial charge in [0.1, 0.15) is 0 Å². The van der Waals surface area contributed by atoms with Crippen LogP contribution in [0.1, 0.15) is 38.5 Å². The lowest BCUT2D eigenvalue weighted by Crippen LogP contribution is -2.36. The quantitative estimate of drug-likeness (QED) is 0.444. The maximum Gasteiger partial charge on any atom is 0.0673 e. The van der Waals surface area contributed by atoms with Gasteiger partial charge in [-0.25, -0.2) is 0 Å². The standard InChI is InChI=1S/C13H18ClNO/c14-12(3-4-15-16)13-7-9-1-2-11(13)6-10(5-9)8-13/h3-4,9-11,16H,1-2,5-8H2/b12-3-,15-4-/t9-,10-,11-,13-/m1/s1. The lowest BCUT2D eigenvalue weighted by Gasteiger charge is -2.45. The number of hydrogen-bond donors (Lipinski definition) is 1. The molecule has 3 heteroatoms. The molecule has 0 heterocycles. The van der Waals surface area contributed by atoms with E-state index in [1.54, 1.807) is 6.08 Å². The Morgan fingerprint density at radius 2 is 2.06 bits per heavy atom. The average molecular weight is 240 g/mol. The zero-order chi connectivity index (χ0) is 11.2. The molecule has 0 radical (unpaired) electrons. The summed E-state index contributed by atoms with van der Waals surface area (Å²) >= 11 is 6.47. The summed E-state index contributed by atoms with van der Waals surface area (Å²) in [5.74, 6) is 2.58. The Bertz CT molecular complexity index is 352. The predicted molar refractivity (Wildman–Crippen MR) is 64.8 cm³/mol. The molecule has 3 bridgehead atoms. The fraction of sp³-hybridized carbons (Fsp3) is 0.769. The molecule has 88 valence electrons. The summed E-state index contributed by atoms with van der Waals surface area (Å²) in [5, 5.41) is 12.4. The van der Waals surface area contributed by atoms with E-state index in [4.69, 9.17) is 16.8 Å². The molecule has 0 aromatic carbocycles. The predicted octanol–water partition coefficient (Wildman–Crippen LogP) is 3.79. The number of allylic oxidation sites excluding steroid dienone is 2. The van der Waals surface area contributed by atoms with Gasteiger partial charge in [0.25, 0.3) is 0 Å². The second kappa shape index (κ2) is 3.76. The molecule has 3 fully saturated rings. The second-order valence-corrected chi connectivity index (χ2v) is 6.23. The lowest BCUT2D eigenvalue weighted by molar-refractivity contribution is 0.104. The number of oxime groups is 1. The van der Waals surface area contributed by atoms with Crippen molar-refractivity contribution in [3.63, 3.8) is 0 Å². The largest absolute Gasteiger partial charge is 0.411 e. The summed E-state index contributed by atoms with van der Waals surface area (Å²) in [6.07, 6.45) is 11.3. The van der Waals surface area contributed by atoms with Gasteiger partial charge in [-0.05, 0) is 55.9 Å². The first-order chi connectivity index (χ1) is 7.74. The highest BCUT2D eigenvalue weighted by Crippen LogP contribution is 2.65. The number of halogens is 1. The van der Waals surface area contributed by atoms with Crippen molar-refractivity contribution in [2.75, 3.05) is 0 Å². The molecule has 0 amide bonds. The molecule has 0 aliphatic heterocycles. The van der Waals surface area contributed by atoms with Crippen molar-refractivity contribution in [2.24, 2.45) is 28.3 Å². The van der Waals surface area contributed by atoms with E-state index < -0.39 is 0 Å². The lowest BCUT2D eigenvalue weighted by atomic mass is 9.61. The second-order valence-electron chi connectivity index (χ2n) is 5.82. The zero-order valence-corrected chi connectivity index (χ0v) is 10.2. The van der Waals surface area contributed by atoms with Gasteiger partial charge in [0, 0.05) is 10.4 Å². The van der Waals surface area contributed by atoms with Crippen LogP contribution in [0.5, 0.6) is 0 Å². The highest BCUT2D eigenvalue weighted by atomic mass is 35.5. The third-order valence-corrected chi connectivity index (χ3v) is 5.56. The van der Waals surface area contributed by atoms with E-state index in [1.807, 2.05) is 0 Å². The summed E-state index contributed by atoms with van der Waals surface area (Å²) in [7, 11) is 0. The van der Waals surface area contributed by atoms with Crippen LogP contribution < -0.4 is 0 Å². The van der Waals surface area contributed by atoms with Crippen molar-refractivity contribution in [1.82, 2.24) is 0 Å². The molecule has 3 aliphatic carbocycles. The molecule has 16 heavy (non-hydrogen) atoms. The molecule has 3 rings (SSSR count).